The van der Waals surface area contributed by atoms with Crippen LogP contribution < -0.4 is 10.1 Å². The summed E-state index contributed by atoms with van der Waals surface area (Å²) >= 11 is 0. The highest BCUT2D eigenvalue weighted by Crippen LogP contribution is 2.23. The summed E-state index contributed by atoms with van der Waals surface area (Å²) in [5.74, 6) is 1.97. The molecule has 2 rings (SSSR count). The Bertz CT molecular complexity index is 549. The molecular formula is C21H35N3O2. The van der Waals surface area contributed by atoms with Crippen LogP contribution in [0.1, 0.15) is 39.3 Å². The molecule has 0 aromatic heterocycles. The third-order valence-corrected chi connectivity index (χ3v) is 4.91. The lowest BCUT2D eigenvalue weighted by atomic mass is 9.96. The van der Waals surface area contributed by atoms with Gasteiger partial charge in [0.2, 0.25) is 5.91 Å². The Morgan fingerprint density at radius 1 is 1.04 bits per heavy atom. The number of rotatable bonds is 8. The van der Waals surface area contributed by atoms with Crippen molar-refractivity contribution in [2.75, 3.05) is 46.4 Å². The Morgan fingerprint density at radius 2 is 1.62 bits per heavy atom. The zero-order valence-electron chi connectivity index (χ0n) is 17.0. The lowest BCUT2D eigenvalue weighted by Crippen LogP contribution is -2.50. The van der Waals surface area contributed by atoms with Gasteiger partial charge in [-0.05, 0) is 29.5 Å². The molecule has 1 aliphatic rings. The minimum absolute atomic E-state index is 0.0237. The Labute approximate surface area is 158 Å². The van der Waals surface area contributed by atoms with Gasteiger partial charge >= 0.3 is 0 Å². The number of hydrogen-bond donors (Lipinski definition) is 1. The fraction of sp³-hybridized carbons (Fsp3) is 0.667. The number of benzene rings is 1. The van der Waals surface area contributed by atoms with Crippen molar-refractivity contribution in [3.63, 3.8) is 0 Å². The molecule has 5 heteroatoms. The summed E-state index contributed by atoms with van der Waals surface area (Å²) in [4.78, 5) is 17.3. The molecule has 1 atom stereocenters. The molecule has 5 nitrogen and oxygen atoms in total. The Kier molecular flexibility index (Phi) is 7.91. The van der Waals surface area contributed by atoms with E-state index in [-0.39, 0.29) is 11.9 Å². The van der Waals surface area contributed by atoms with Gasteiger partial charge in [-0.3, -0.25) is 9.69 Å². The maximum Gasteiger partial charge on any atom is 0.234 e. The molecule has 0 saturated carbocycles. The molecular weight excluding hydrogens is 326 g/mol. The number of hydrogen-bond acceptors (Lipinski definition) is 4. The fourth-order valence-electron chi connectivity index (χ4n) is 3.51. The van der Waals surface area contributed by atoms with Crippen molar-refractivity contribution >= 4 is 5.91 Å². The van der Waals surface area contributed by atoms with E-state index in [2.05, 4.69) is 42.8 Å². The quantitative estimate of drug-likeness (QED) is 0.773. The highest BCUT2D eigenvalue weighted by Gasteiger charge is 2.22. The van der Waals surface area contributed by atoms with Gasteiger partial charge < -0.3 is 15.0 Å². The smallest absolute Gasteiger partial charge is 0.234 e. The summed E-state index contributed by atoms with van der Waals surface area (Å²) in [7, 11) is 1.66. The van der Waals surface area contributed by atoms with Crippen LogP contribution in [0.3, 0.4) is 0 Å². The average molecular weight is 362 g/mol. The minimum atomic E-state index is 0.0237. The highest BCUT2D eigenvalue weighted by atomic mass is 16.5. The monoisotopic (exact) mass is 361 g/mol. The van der Waals surface area contributed by atoms with Crippen LogP contribution in [0.25, 0.3) is 0 Å². The molecule has 1 fully saturated rings. The SMILES string of the molecule is COc1ccc(C(NC(=O)CN2CCN(CC(C)C)CC2)C(C)C)cc1. The molecule has 1 aromatic carbocycles. The first kappa shape index (κ1) is 20.7. The van der Waals surface area contributed by atoms with E-state index in [4.69, 9.17) is 4.74 Å². The molecule has 1 amide bonds. The summed E-state index contributed by atoms with van der Waals surface area (Å²) in [5, 5.41) is 3.23. The van der Waals surface area contributed by atoms with Gasteiger partial charge in [-0.15, -0.1) is 0 Å². The highest BCUT2D eigenvalue weighted by molar-refractivity contribution is 5.78. The third kappa shape index (κ3) is 6.29. The molecule has 1 heterocycles. The van der Waals surface area contributed by atoms with E-state index in [0.29, 0.717) is 18.4 Å². The first-order valence-corrected chi connectivity index (χ1v) is 9.77. The maximum atomic E-state index is 12.6. The van der Waals surface area contributed by atoms with Crippen molar-refractivity contribution < 1.29 is 9.53 Å². The number of nitrogens with zero attached hydrogens (tertiary/aromatic N) is 2. The number of nitrogens with one attached hydrogen (secondary N) is 1. The largest absolute Gasteiger partial charge is 0.497 e. The summed E-state index contributed by atoms with van der Waals surface area (Å²) < 4.78 is 5.23. The Balaban J connectivity index is 1.86. The zero-order valence-corrected chi connectivity index (χ0v) is 17.0. The zero-order chi connectivity index (χ0) is 19.1. The van der Waals surface area contributed by atoms with Gasteiger partial charge in [0.1, 0.15) is 5.75 Å². The molecule has 0 aliphatic carbocycles. The van der Waals surface area contributed by atoms with Crippen LogP contribution in [-0.2, 0) is 4.79 Å². The number of ether oxygens (including phenoxy) is 1. The molecule has 26 heavy (non-hydrogen) atoms. The van der Waals surface area contributed by atoms with Crippen molar-refractivity contribution in [2.24, 2.45) is 11.8 Å². The second kappa shape index (κ2) is 9.93. The summed E-state index contributed by atoms with van der Waals surface area (Å²) in [5.41, 5.74) is 1.12. The van der Waals surface area contributed by atoms with Gasteiger partial charge in [-0.2, -0.15) is 0 Å². The van der Waals surface area contributed by atoms with Crippen molar-refractivity contribution in [3.05, 3.63) is 29.8 Å². The second-order valence-electron chi connectivity index (χ2n) is 8.03. The summed E-state index contributed by atoms with van der Waals surface area (Å²) in [6.45, 7) is 14.5. The van der Waals surface area contributed by atoms with Gasteiger partial charge in [0.15, 0.2) is 0 Å². The van der Waals surface area contributed by atoms with Crippen LogP contribution >= 0.6 is 0 Å². The standard InChI is InChI=1S/C21H35N3O2/c1-16(2)14-23-10-12-24(13-11-23)15-20(25)22-21(17(3)4)18-6-8-19(26-5)9-7-18/h6-9,16-17,21H,10-15H2,1-5H3,(H,22,25). The van der Waals surface area contributed by atoms with Crippen molar-refractivity contribution in [3.8, 4) is 5.75 Å². The van der Waals surface area contributed by atoms with Gasteiger partial charge in [-0.1, -0.05) is 39.8 Å². The molecule has 0 spiro atoms. The number of carbonyl (C=O) groups excluding carboxylic acids is 1. The van der Waals surface area contributed by atoms with E-state index in [9.17, 15) is 4.79 Å². The van der Waals surface area contributed by atoms with Crippen LogP contribution in [0.15, 0.2) is 24.3 Å². The van der Waals surface area contributed by atoms with E-state index < -0.39 is 0 Å². The van der Waals surface area contributed by atoms with E-state index in [0.717, 1.165) is 44.0 Å². The van der Waals surface area contributed by atoms with E-state index in [1.807, 2.05) is 24.3 Å². The van der Waals surface area contributed by atoms with E-state index in [1.54, 1.807) is 7.11 Å². The molecule has 0 radical (unpaired) electrons. The normalized spacial score (nSPS) is 17.5. The van der Waals surface area contributed by atoms with Gasteiger partial charge in [0.05, 0.1) is 19.7 Å². The predicted octanol–water partition coefficient (Wildman–Crippen LogP) is 2.78. The Hall–Kier alpha value is -1.59. The topological polar surface area (TPSA) is 44.8 Å². The van der Waals surface area contributed by atoms with Crippen LogP contribution in [-0.4, -0.2) is 62.1 Å². The Morgan fingerprint density at radius 3 is 2.12 bits per heavy atom. The number of methoxy groups -OCH3 is 1. The van der Waals surface area contributed by atoms with Gasteiger partial charge in [-0.25, -0.2) is 0 Å². The third-order valence-electron chi connectivity index (χ3n) is 4.91. The van der Waals surface area contributed by atoms with E-state index in [1.165, 1.54) is 0 Å². The second-order valence-corrected chi connectivity index (χ2v) is 8.03. The molecule has 1 saturated heterocycles. The fourth-order valence-corrected chi connectivity index (χ4v) is 3.51. The molecule has 1 N–H and O–H groups in total. The molecule has 146 valence electrons. The van der Waals surface area contributed by atoms with Crippen LogP contribution in [0, 0.1) is 11.8 Å². The first-order valence-electron chi connectivity index (χ1n) is 9.77. The summed E-state index contributed by atoms with van der Waals surface area (Å²) in [6, 6.07) is 7.99. The molecule has 1 aromatic rings. The van der Waals surface area contributed by atoms with Crippen LogP contribution in [0.2, 0.25) is 0 Å². The van der Waals surface area contributed by atoms with Crippen molar-refractivity contribution in [2.45, 2.75) is 33.7 Å². The van der Waals surface area contributed by atoms with Crippen LogP contribution in [0.4, 0.5) is 0 Å². The molecule has 1 unspecified atom stereocenters. The average Bonchev–Trinajstić information content (AvgIpc) is 2.61. The first-order chi connectivity index (χ1) is 12.4. The van der Waals surface area contributed by atoms with Gasteiger partial charge in [0, 0.05) is 32.7 Å². The number of piperazine rings is 1. The number of carbonyl (C=O) groups is 1. The summed E-state index contributed by atoms with van der Waals surface area (Å²) in [6.07, 6.45) is 0. The van der Waals surface area contributed by atoms with Crippen molar-refractivity contribution in [1.29, 1.82) is 0 Å². The lowest BCUT2D eigenvalue weighted by molar-refractivity contribution is -0.123. The maximum absolute atomic E-state index is 12.6. The minimum Gasteiger partial charge on any atom is -0.497 e. The number of amides is 1. The predicted molar refractivity (Wildman–Crippen MR) is 106 cm³/mol. The van der Waals surface area contributed by atoms with Gasteiger partial charge in [0.25, 0.3) is 0 Å². The van der Waals surface area contributed by atoms with Crippen molar-refractivity contribution in [1.82, 2.24) is 15.1 Å². The lowest BCUT2D eigenvalue weighted by Gasteiger charge is -2.35. The molecule has 1 aliphatic heterocycles. The van der Waals surface area contributed by atoms with Crippen LogP contribution in [0.5, 0.6) is 5.75 Å². The van der Waals surface area contributed by atoms with E-state index >= 15 is 0 Å². The molecule has 0 bridgehead atoms.